The van der Waals surface area contributed by atoms with Crippen LogP contribution < -0.4 is 0 Å². The fourth-order valence-corrected chi connectivity index (χ4v) is 2.74. The largest absolute Gasteiger partial charge is 0.296 e. The minimum atomic E-state index is -1.59. The van der Waals surface area contributed by atoms with Crippen LogP contribution in [0.15, 0.2) is 42.9 Å². The first-order valence-corrected chi connectivity index (χ1v) is 7.63. The zero-order valence-corrected chi connectivity index (χ0v) is 12.8. The van der Waals surface area contributed by atoms with Gasteiger partial charge in [0.25, 0.3) is 0 Å². The van der Waals surface area contributed by atoms with Crippen molar-refractivity contribution >= 4 is 16.6 Å². The van der Waals surface area contributed by atoms with Gasteiger partial charge < -0.3 is 0 Å². The fraction of sp³-hybridized carbons (Fsp3) is 0.278. The molecule has 1 saturated carbocycles. The minimum absolute atomic E-state index is 0.0591. The Bertz CT molecular complexity index is 912. The maximum absolute atomic E-state index is 13.8. The van der Waals surface area contributed by atoms with Crippen LogP contribution in [0.4, 0.5) is 4.39 Å². The third-order valence-electron chi connectivity index (χ3n) is 4.35. The van der Waals surface area contributed by atoms with E-state index in [1.54, 1.807) is 10.9 Å². The molecule has 0 amide bonds. The van der Waals surface area contributed by atoms with E-state index in [4.69, 9.17) is 0 Å². The molecule has 2 heterocycles. The van der Waals surface area contributed by atoms with Gasteiger partial charge in [0, 0.05) is 36.1 Å². The average Bonchev–Trinajstić information content (AvgIpc) is 3.15. The van der Waals surface area contributed by atoms with E-state index in [1.807, 2.05) is 43.7 Å². The first-order chi connectivity index (χ1) is 11.0. The summed E-state index contributed by atoms with van der Waals surface area (Å²) >= 11 is 0. The monoisotopic (exact) mass is 309 g/mol. The molecule has 116 valence electrons. The molecule has 4 rings (SSSR count). The Morgan fingerprint density at radius 1 is 1.22 bits per heavy atom. The van der Waals surface area contributed by atoms with Crippen molar-refractivity contribution in [3.8, 4) is 11.1 Å². The summed E-state index contributed by atoms with van der Waals surface area (Å²) in [5.41, 5.74) is 1.12. The number of aromatic nitrogens is 3. The number of benzene rings is 1. The van der Waals surface area contributed by atoms with Gasteiger partial charge in [-0.15, -0.1) is 0 Å². The van der Waals surface area contributed by atoms with Gasteiger partial charge in [-0.05, 0) is 35.9 Å². The number of ketones is 1. The summed E-state index contributed by atoms with van der Waals surface area (Å²) in [5, 5.41) is 6.17. The van der Waals surface area contributed by atoms with Crippen molar-refractivity contribution in [2.45, 2.75) is 24.9 Å². The van der Waals surface area contributed by atoms with Gasteiger partial charge in [-0.25, -0.2) is 4.39 Å². The molecule has 0 saturated heterocycles. The molecule has 1 aromatic carbocycles. The van der Waals surface area contributed by atoms with Gasteiger partial charge >= 0.3 is 0 Å². The smallest absolute Gasteiger partial charge is 0.175 e. The second kappa shape index (κ2) is 4.98. The van der Waals surface area contributed by atoms with E-state index in [0.29, 0.717) is 18.5 Å². The van der Waals surface area contributed by atoms with Gasteiger partial charge in [0.2, 0.25) is 0 Å². The Kier molecular flexibility index (Phi) is 3.04. The van der Waals surface area contributed by atoms with E-state index in [0.717, 1.165) is 21.9 Å². The van der Waals surface area contributed by atoms with Crippen molar-refractivity contribution in [1.29, 1.82) is 0 Å². The lowest BCUT2D eigenvalue weighted by Crippen LogP contribution is -2.19. The maximum atomic E-state index is 13.8. The standard InChI is InChI=1S/C18H16FN3O/c1-22-11-15(10-21-22)12-2-3-13-9-20-16(7-14(13)6-12)8-17(23)18(19)4-5-18/h2-3,6-7,9-11H,4-5,8H2,1H3. The fourth-order valence-electron chi connectivity index (χ4n) is 2.74. The molecule has 0 spiro atoms. The predicted octanol–water partition coefficient (Wildman–Crippen LogP) is 3.25. The molecule has 0 bridgehead atoms. The van der Waals surface area contributed by atoms with Crippen LogP contribution in [0.2, 0.25) is 0 Å². The van der Waals surface area contributed by atoms with E-state index in [1.165, 1.54) is 0 Å². The molecule has 0 unspecified atom stereocenters. The highest BCUT2D eigenvalue weighted by atomic mass is 19.1. The van der Waals surface area contributed by atoms with Crippen LogP contribution >= 0.6 is 0 Å². The van der Waals surface area contributed by atoms with Crippen molar-refractivity contribution in [1.82, 2.24) is 14.8 Å². The Morgan fingerprint density at radius 3 is 2.74 bits per heavy atom. The highest BCUT2D eigenvalue weighted by molar-refractivity contribution is 5.92. The van der Waals surface area contributed by atoms with Gasteiger partial charge in [0.15, 0.2) is 11.5 Å². The van der Waals surface area contributed by atoms with Crippen LogP contribution in [0.5, 0.6) is 0 Å². The summed E-state index contributed by atoms with van der Waals surface area (Å²) in [4.78, 5) is 16.2. The van der Waals surface area contributed by atoms with E-state index in [2.05, 4.69) is 10.1 Å². The van der Waals surface area contributed by atoms with Crippen LogP contribution in [0, 0.1) is 0 Å². The number of hydrogen-bond acceptors (Lipinski definition) is 3. The van der Waals surface area contributed by atoms with Crippen LogP contribution in [0.1, 0.15) is 18.5 Å². The molecule has 0 atom stereocenters. The lowest BCUT2D eigenvalue weighted by atomic mass is 10.0. The second-order valence-corrected chi connectivity index (χ2v) is 6.21. The van der Waals surface area contributed by atoms with Gasteiger partial charge in [0.05, 0.1) is 12.6 Å². The molecule has 5 heteroatoms. The number of halogens is 1. The van der Waals surface area contributed by atoms with E-state index in [-0.39, 0.29) is 12.2 Å². The maximum Gasteiger partial charge on any atom is 0.175 e. The molecule has 0 radical (unpaired) electrons. The SMILES string of the molecule is Cn1cc(-c2ccc3cnc(CC(=O)C4(F)CC4)cc3c2)cn1. The Balaban J connectivity index is 1.68. The number of carbonyl (C=O) groups is 1. The molecular weight excluding hydrogens is 293 g/mol. The van der Waals surface area contributed by atoms with Gasteiger partial charge in [-0.1, -0.05) is 12.1 Å². The number of aryl methyl sites for hydroxylation is 1. The Hall–Kier alpha value is -2.56. The molecule has 4 nitrogen and oxygen atoms in total. The number of nitrogens with zero attached hydrogens (tertiary/aromatic N) is 3. The number of carbonyl (C=O) groups excluding carboxylic acids is 1. The quantitative estimate of drug-likeness (QED) is 0.743. The van der Waals surface area contributed by atoms with Gasteiger partial charge in [-0.2, -0.15) is 5.10 Å². The van der Waals surface area contributed by atoms with Gasteiger partial charge in [0.1, 0.15) is 0 Å². The summed E-state index contributed by atoms with van der Waals surface area (Å²) in [7, 11) is 1.88. The summed E-state index contributed by atoms with van der Waals surface area (Å²) < 4.78 is 15.6. The topological polar surface area (TPSA) is 47.8 Å². The second-order valence-electron chi connectivity index (χ2n) is 6.21. The predicted molar refractivity (Wildman–Crippen MR) is 85.7 cm³/mol. The number of alkyl halides is 1. The lowest BCUT2D eigenvalue weighted by molar-refractivity contribution is -0.124. The third kappa shape index (κ3) is 2.63. The lowest BCUT2D eigenvalue weighted by Gasteiger charge is -2.06. The van der Waals surface area contributed by atoms with Crippen LogP contribution in [-0.4, -0.2) is 26.2 Å². The highest BCUT2D eigenvalue weighted by Crippen LogP contribution is 2.41. The number of hydrogen-bond donors (Lipinski definition) is 0. The molecular formula is C18H16FN3O. The number of fused-ring (bicyclic) bond motifs is 1. The molecule has 1 fully saturated rings. The van der Waals surface area contributed by atoms with Crippen molar-refractivity contribution in [3.63, 3.8) is 0 Å². The average molecular weight is 309 g/mol. The van der Waals surface area contributed by atoms with E-state index >= 15 is 0 Å². The molecule has 3 aromatic rings. The molecule has 1 aliphatic carbocycles. The molecule has 0 N–H and O–H groups in total. The van der Waals surface area contributed by atoms with Crippen molar-refractivity contribution in [3.05, 3.63) is 48.5 Å². The summed E-state index contributed by atoms with van der Waals surface area (Å²) in [6.07, 6.45) is 6.26. The van der Waals surface area contributed by atoms with Crippen LogP contribution in [0.25, 0.3) is 21.9 Å². The van der Waals surface area contributed by atoms with Crippen LogP contribution in [0.3, 0.4) is 0 Å². The van der Waals surface area contributed by atoms with Crippen molar-refractivity contribution in [2.75, 3.05) is 0 Å². The summed E-state index contributed by atoms with van der Waals surface area (Å²) in [5.74, 6) is -0.354. The van der Waals surface area contributed by atoms with Crippen molar-refractivity contribution < 1.29 is 9.18 Å². The summed E-state index contributed by atoms with van der Waals surface area (Å²) in [6.45, 7) is 0. The zero-order valence-electron chi connectivity index (χ0n) is 12.8. The number of Topliss-reactive ketones (excluding diaryl/α,β-unsaturated/α-hetero) is 1. The zero-order chi connectivity index (χ0) is 16.0. The Labute approximate surface area is 133 Å². The summed E-state index contributed by atoms with van der Waals surface area (Å²) in [6, 6.07) is 7.93. The number of rotatable bonds is 4. The first-order valence-electron chi connectivity index (χ1n) is 7.63. The molecule has 2 aromatic heterocycles. The van der Waals surface area contributed by atoms with Gasteiger partial charge in [-0.3, -0.25) is 14.5 Å². The normalized spacial score (nSPS) is 15.7. The van der Waals surface area contributed by atoms with E-state index < -0.39 is 5.67 Å². The molecule has 23 heavy (non-hydrogen) atoms. The number of pyridine rings is 1. The Morgan fingerprint density at radius 2 is 2.04 bits per heavy atom. The third-order valence-corrected chi connectivity index (χ3v) is 4.35. The minimum Gasteiger partial charge on any atom is -0.296 e. The van der Waals surface area contributed by atoms with Crippen molar-refractivity contribution in [2.24, 2.45) is 7.05 Å². The molecule has 0 aliphatic heterocycles. The van der Waals surface area contributed by atoms with E-state index in [9.17, 15) is 9.18 Å². The first kappa shape index (κ1) is 14.1. The molecule has 1 aliphatic rings. The van der Waals surface area contributed by atoms with Crippen LogP contribution in [-0.2, 0) is 18.3 Å². The highest BCUT2D eigenvalue weighted by Gasteiger charge is 2.49.